The SMILES string of the molecule is CC(N)Cc1ccc(OCCS(=O)(=O)C(C)(C)C)cn1. The molecule has 1 heterocycles. The maximum atomic E-state index is 11.9. The second-order valence-electron chi connectivity index (χ2n) is 5.95. The number of hydrogen-bond donors (Lipinski definition) is 1. The van der Waals surface area contributed by atoms with Crippen LogP contribution in [-0.4, -0.2) is 36.6 Å². The molecule has 0 radical (unpaired) electrons. The third kappa shape index (κ3) is 5.09. The summed E-state index contributed by atoms with van der Waals surface area (Å²) in [4.78, 5) is 4.23. The lowest BCUT2D eigenvalue weighted by Crippen LogP contribution is -2.32. The van der Waals surface area contributed by atoms with Crippen LogP contribution in [0.4, 0.5) is 0 Å². The van der Waals surface area contributed by atoms with Gasteiger partial charge < -0.3 is 10.5 Å². The van der Waals surface area contributed by atoms with E-state index in [4.69, 9.17) is 10.5 Å². The molecule has 0 amide bonds. The Bertz CT molecular complexity index is 516. The minimum absolute atomic E-state index is 0.00190. The summed E-state index contributed by atoms with van der Waals surface area (Å²) in [7, 11) is -3.15. The van der Waals surface area contributed by atoms with E-state index in [0.717, 1.165) is 5.69 Å². The third-order valence-electron chi connectivity index (χ3n) is 2.88. The van der Waals surface area contributed by atoms with Gasteiger partial charge in [-0.2, -0.15) is 0 Å². The fourth-order valence-corrected chi connectivity index (χ4v) is 2.44. The minimum Gasteiger partial charge on any atom is -0.491 e. The average molecular weight is 300 g/mol. The van der Waals surface area contributed by atoms with Gasteiger partial charge in [0.25, 0.3) is 0 Å². The van der Waals surface area contributed by atoms with Gasteiger partial charge >= 0.3 is 0 Å². The molecule has 0 aliphatic heterocycles. The Balaban J connectivity index is 2.51. The zero-order chi connectivity index (χ0) is 15.4. The maximum Gasteiger partial charge on any atom is 0.158 e. The quantitative estimate of drug-likeness (QED) is 0.862. The van der Waals surface area contributed by atoms with Gasteiger partial charge in [0, 0.05) is 18.2 Å². The van der Waals surface area contributed by atoms with E-state index in [2.05, 4.69) is 4.98 Å². The van der Waals surface area contributed by atoms with E-state index in [1.807, 2.05) is 13.0 Å². The highest BCUT2D eigenvalue weighted by Crippen LogP contribution is 2.16. The molecule has 0 saturated heterocycles. The number of ether oxygens (including phenoxy) is 1. The van der Waals surface area contributed by atoms with Crippen LogP contribution < -0.4 is 10.5 Å². The Morgan fingerprint density at radius 1 is 1.35 bits per heavy atom. The number of hydrogen-bond acceptors (Lipinski definition) is 5. The molecule has 6 heteroatoms. The third-order valence-corrected chi connectivity index (χ3v) is 5.45. The summed E-state index contributed by atoms with van der Waals surface area (Å²) in [6, 6.07) is 3.69. The number of sulfone groups is 1. The lowest BCUT2D eigenvalue weighted by Gasteiger charge is -2.19. The van der Waals surface area contributed by atoms with Gasteiger partial charge in [-0.15, -0.1) is 0 Å². The maximum absolute atomic E-state index is 11.9. The topological polar surface area (TPSA) is 82.3 Å². The fourth-order valence-electron chi connectivity index (χ4n) is 1.52. The molecule has 1 aromatic rings. The average Bonchev–Trinajstić information content (AvgIpc) is 2.29. The van der Waals surface area contributed by atoms with Gasteiger partial charge in [-0.25, -0.2) is 8.42 Å². The van der Waals surface area contributed by atoms with E-state index in [-0.39, 0.29) is 18.4 Å². The largest absolute Gasteiger partial charge is 0.491 e. The molecule has 5 nitrogen and oxygen atoms in total. The van der Waals surface area contributed by atoms with Gasteiger partial charge in [0.05, 0.1) is 16.7 Å². The molecule has 0 aliphatic carbocycles. The van der Waals surface area contributed by atoms with Crippen LogP contribution in [-0.2, 0) is 16.3 Å². The molecule has 1 unspecified atom stereocenters. The predicted molar refractivity (Wildman–Crippen MR) is 80.6 cm³/mol. The highest BCUT2D eigenvalue weighted by atomic mass is 32.2. The summed E-state index contributed by atoms with van der Waals surface area (Å²) in [6.45, 7) is 7.11. The van der Waals surface area contributed by atoms with Gasteiger partial charge in [0.2, 0.25) is 0 Å². The fraction of sp³-hybridized carbons (Fsp3) is 0.643. The lowest BCUT2D eigenvalue weighted by atomic mass is 10.2. The molecule has 20 heavy (non-hydrogen) atoms. The first-order valence-electron chi connectivity index (χ1n) is 6.67. The summed E-state index contributed by atoms with van der Waals surface area (Å²) in [5.74, 6) is 0.570. The molecule has 1 rings (SSSR count). The second-order valence-corrected chi connectivity index (χ2v) is 8.81. The van der Waals surface area contributed by atoms with Crippen molar-refractivity contribution in [2.45, 2.75) is 44.9 Å². The molecule has 0 saturated carbocycles. The Hall–Kier alpha value is -1.14. The smallest absolute Gasteiger partial charge is 0.158 e. The van der Waals surface area contributed by atoms with E-state index in [1.165, 1.54) is 0 Å². The number of nitrogens with zero attached hydrogens (tertiary/aromatic N) is 1. The second kappa shape index (κ2) is 6.54. The van der Waals surface area contributed by atoms with Crippen molar-refractivity contribution in [1.82, 2.24) is 4.98 Å². The van der Waals surface area contributed by atoms with Crippen molar-refractivity contribution < 1.29 is 13.2 Å². The molecule has 2 N–H and O–H groups in total. The predicted octanol–water partition coefficient (Wildman–Crippen LogP) is 1.56. The summed E-state index contributed by atoms with van der Waals surface area (Å²) < 4.78 is 28.5. The zero-order valence-corrected chi connectivity index (χ0v) is 13.4. The van der Waals surface area contributed by atoms with Gasteiger partial charge in [-0.05, 0) is 39.8 Å². The van der Waals surface area contributed by atoms with Crippen molar-refractivity contribution in [3.05, 3.63) is 24.0 Å². The standard InChI is InChI=1S/C14H24N2O3S/c1-11(15)9-12-5-6-13(10-16-12)19-7-8-20(17,18)14(2,3)4/h5-6,10-11H,7-9,15H2,1-4H3. The summed E-state index contributed by atoms with van der Waals surface area (Å²) >= 11 is 0. The van der Waals surface area contributed by atoms with Gasteiger partial charge in [-0.3, -0.25) is 4.98 Å². The van der Waals surface area contributed by atoms with Crippen molar-refractivity contribution in [1.29, 1.82) is 0 Å². The molecule has 0 spiro atoms. The lowest BCUT2D eigenvalue weighted by molar-refractivity contribution is 0.338. The summed E-state index contributed by atoms with van der Waals surface area (Å²) in [6.07, 6.45) is 2.31. The Morgan fingerprint density at radius 3 is 2.45 bits per heavy atom. The van der Waals surface area contributed by atoms with Gasteiger partial charge in [0.1, 0.15) is 12.4 Å². The highest BCUT2D eigenvalue weighted by Gasteiger charge is 2.28. The van der Waals surface area contributed by atoms with Gasteiger partial charge in [-0.1, -0.05) is 0 Å². The van der Waals surface area contributed by atoms with E-state index < -0.39 is 14.6 Å². The van der Waals surface area contributed by atoms with Crippen LogP contribution in [0.15, 0.2) is 18.3 Å². The van der Waals surface area contributed by atoms with Crippen LogP contribution in [0.3, 0.4) is 0 Å². The first-order valence-corrected chi connectivity index (χ1v) is 8.32. The van der Waals surface area contributed by atoms with Crippen molar-refractivity contribution >= 4 is 9.84 Å². The van der Waals surface area contributed by atoms with Crippen molar-refractivity contribution in [3.63, 3.8) is 0 Å². The first kappa shape index (κ1) is 16.9. The first-order chi connectivity index (χ1) is 9.12. The molecular formula is C14H24N2O3S. The normalized spacial score (nSPS) is 14.1. The van der Waals surface area contributed by atoms with E-state index in [9.17, 15) is 8.42 Å². The summed E-state index contributed by atoms with van der Waals surface area (Å²) in [5.41, 5.74) is 6.59. The molecule has 1 atom stereocenters. The monoisotopic (exact) mass is 300 g/mol. The van der Waals surface area contributed by atoms with Crippen LogP contribution in [0, 0.1) is 0 Å². The van der Waals surface area contributed by atoms with Crippen molar-refractivity contribution in [2.75, 3.05) is 12.4 Å². The van der Waals surface area contributed by atoms with E-state index in [1.54, 1.807) is 33.0 Å². The highest BCUT2D eigenvalue weighted by molar-refractivity contribution is 7.92. The van der Waals surface area contributed by atoms with Crippen LogP contribution in [0.5, 0.6) is 5.75 Å². The molecular weight excluding hydrogens is 276 g/mol. The van der Waals surface area contributed by atoms with Crippen molar-refractivity contribution in [3.8, 4) is 5.75 Å². The number of nitrogens with two attached hydrogens (primary N) is 1. The number of pyridine rings is 1. The van der Waals surface area contributed by atoms with E-state index in [0.29, 0.717) is 12.2 Å². The van der Waals surface area contributed by atoms with E-state index >= 15 is 0 Å². The zero-order valence-electron chi connectivity index (χ0n) is 12.6. The van der Waals surface area contributed by atoms with Gasteiger partial charge in [0.15, 0.2) is 9.84 Å². The number of rotatable bonds is 6. The minimum atomic E-state index is -3.15. The van der Waals surface area contributed by atoms with Crippen LogP contribution in [0.1, 0.15) is 33.4 Å². The molecule has 0 aliphatic rings. The summed E-state index contributed by atoms with van der Waals surface area (Å²) in [5, 5.41) is 0. The van der Waals surface area contributed by atoms with Crippen LogP contribution >= 0.6 is 0 Å². The Kier molecular flexibility index (Phi) is 5.53. The molecule has 0 bridgehead atoms. The van der Waals surface area contributed by atoms with Crippen LogP contribution in [0.25, 0.3) is 0 Å². The Morgan fingerprint density at radius 2 is 2.00 bits per heavy atom. The molecule has 1 aromatic heterocycles. The molecule has 114 valence electrons. The Labute approximate surface area is 121 Å². The molecule has 0 fully saturated rings. The number of aromatic nitrogens is 1. The van der Waals surface area contributed by atoms with Crippen molar-refractivity contribution in [2.24, 2.45) is 5.73 Å². The molecule has 0 aromatic carbocycles. The van der Waals surface area contributed by atoms with Crippen LogP contribution in [0.2, 0.25) is 0 Å².